The zero-order chi connectivity index (χ0) is 16.5. The Morgan fingerprint density at radius 3 is 2.50 bits per heavy atom. The fourth-order valence-electron chi connectivity index (χ4n) is 2.93. The van der Waals surface area contributed by atoms with Gasteiger partial charge in [-0.15, -0.1) is 0 Å². The van der Waals surface area contributed by atoms with Crippen molar-refractivity contribution in [2.75, 3.05) is 0 Å². The highest BCUT2D eigenvalue weighted by atomic mass is 16.4. The SMILES string of the molecule is O=C(O)/C(=C\c1ccccc1)c1nccc2c1[nH]c1ccccc12. The second kappa shape index (κ2) is 5.66. The number of pyridine rings is 1. The third-order valence-corrected chi connectivity index (χ3v) is 4.02. The van der Waals surface area contributed by atoms with E-state index in [4.69, 9.17) is 0 Å². The van der Waals surface area contributed by atoms with E-state index in [1.54, 1.807) is 12.3 Å². The van der Waals surface area contributed by atoms with Crippen LogP contribution in [0.4, 0.5) is 0 Å². The van der Waals surface area contributed by atoms with Crippen LogP contribution >= 0.6 is 0 Å². The third kappa shape index (κ3) is 2.34. The van der Waals surface area contributed by atoms with Gasteiger partial charge in [-0.05, 0) is 23.8 Å². The Balaban J connectivity index is 2.00. The van der Waals surface area contributed by atoms with Crippen LogP contribution in [-0.4, -0.2) is 21.0 Å². The van der Waals surface area contributed by atoms with Crippen molar-refractivity contribution in [2.24, 2.45) is 0 Å². The van der Waals surface area contributed by atoms with Crippen LogP contribution in [-0.2, 0) is 4.79 Å². The summed E-state index contributed by atoms with van der Waals surface area (Å²) in [5.41, 5.74) is 3.14. The molecule has 0 fully saturated rings. The normalized spacial score (nSPS) is 11.9. The van der Waals surface area contributed by atoms with Gasteiger partial charge in [0.05, 0.1) is 11.1 Å². The summed E-state index contributed by atoms with van der Waals surface area (Å²) in [5, 5.41) is 11.7. The highest BCUT2D eigenvalue weighted by Crippen LogP contribution is 2.30. The van der Waals surface area contributed by atoms with E-state index in [-0.39, 0.29) is 5.57 Å². The molecule has 2 heterocycles. The first-order valence-corrected chi connectivity index (χ1v) is 7.60. The maximum Gasteiger partial charge on any atom is 0.337 e. The van der Waals surface area contributed by atoms with Crippen molar-refractivity contribution in [3.05, 3.63) is 78.1 Å². The number of nitrogens with zero attached hydrogens (tertiary/aromatic N) is 1. The summed E-state index contributed by atoms with van der Waals surface area (Å²) in [6.45, 7) is 0. The quantitative estimate of drug-likeness (QED) is 0.553. The molecule has 2 N–H and O–H groups in total. The fraction of sp³-hybridized carbons (Fsp3) is 0. The van der Waals surface area contributed by atoms with Crippen LogP contribution in [0.5, 0.6) is 0 Å². The lowest BCUT2D eigenvalue weighted by atomic mass is 10.1. The Hall–Kier alpha value is -3.40. The number of carboxylic acid groups (broad SMARTS) is 1. The molecule has 0 saturated heterocycles. The molecule has 0 spiro atoms. The fourth-order valence-corrected chi connectivity index (χ4v) is 2.93. The number of aromatic nitrogens is 2. The Morgan fingerprint density at radius 2 is 1.71 bits per heavy atom. The molecule has 0 amide bonds. The largest absolute Gasteiger partial charge is 0.478 e. The Bertz CT molecular complexity index is 1080. The van der Waals surface area contributed by atoms with E-state index in [2.05, 4.69) is 9.97 Å². The maximum absolute atomic E-state index is 11.8. The first kappa shape index (κ1) is 14.2. The molecular formula is C20H14N2O2. The summed E-state index contributed by atoms with van der Waals surface area (Å²) >= 11 is 0. The van der Waals surface area contributed by atoms with Gasteiger partial charge in [-0.2, -0.15) is 0 Å². The molecule has 0 aliphatic heterocycles. The Morgan fingerprint density at radius 1 is 0.958 bits per heavy atom. The topological polar surface area (TPSA) is 66.0 Å². The molecule has 4 aromatic rings. The minimum Gasteiger partial charge on any atom is -0.478 e. The number of para-hydroxylation sites is 1. The molecule has 0 radical (unpaired) electrons. The predicted octanol–water partition coefficient (Wildman–Crippen LogP) is 4.34. The van der Waals surface area contributed by atoms with Crippen molar-refractivity contribution in [3.63, 3.8) is 0 Å². The lowest BCUT2D eigenvalue weighted by Gasteiger charge is -2.04. The van der Waals surface area contributed by atoms with Crippen molar-refractivity contribution in [1.29, 1.82) is 0 Å². The lowest BCUT2D eigenvalue weighted by molar-refractivity contribution is -0.130. The number of rotatable bonds is 3. The van der Waals surface area contributed by atoms with Crippen molar-refractivity contribution in [3.8, 4) is 0 Å². The van der Waals surface area contributed by atoms with Gasteiger partial charge < -0.3 is 10.1 Å². The molecule has 4 rings (SSSR count). The van der Waals surface area contributed by atoms with Crippen molar-refractivity contribution in [2.45, 2.75) is 0 Å². The van der Waals surface area contributed by atoms with Crippen LogP contribution in [0, 0.1) is 0 Å². The summed E-state index contributed by atoms with van der Waals surface area (Å²) in [7, 11) is 0. The van der Waals surface area contributed by atoms with E-state index in [1.807, 2.05) is 60.7 Å². The molecule has 116 valence electrons. The summed E-state index contributed by atoms with van der Waals surface area (Å²) in [5.74, 6) is -1.00. The predicted molar refractivity (Wildman–Crippen MR) is 95.5 cm³/mol. The average molecular weight is 314 g/mol. The summed E-state index contributed by atoms with van der Waals surface area (Å²) in [6, 6.07) is 19.2. The van der Waals surface area contributed by atoms with Crippen LogP contribution in [0.25, 0.3) is 33.5 Å². The van der Waals surface area contributed by atoms with Crippen LogP contribution in [0.15, 0.2) is 66.9 Å². The minimum absolute atomic E-state index is 0.165. The summed E-state index contributed by atoms with van der Waals surface area (Å²) in [6.07, 6.45) is 3.30. The zero-order valence-corrected chi connectivity index (χ0v) is 12.7. The molecule has 2 aromatic heterocycles. The van der Waals surface area contributed by atoms with Gasteiger partial charge in [-0.3, -0.25) is 4.98 Å². The minimum atomic E-state index is -1.00. The molecule has 0 bridgehead atoms. The number of aromatic amines is 1. The maximum atomic E-state index is 11.8. The van der Waals surface area contributed by atoms with E-state index in [1.165, 1.54) is 0 Å². The van der Waals surface area contributed by atoms with E-state index in [0.29, 0.717) is 5.69 Å². The molecular weight excluding hydrogens is 300 g/mol. The number of benzene rings is 2. The van der Waals surface area contributed by atoms with Gasteiger partial charge in [0.2, 0.25) is 0 Å². The van der Waals surface area contributed by atoms with Gasteiger partial charge in [0, 0.05) is 22.5 Å². The average Bonchev–Trinajstić information content (AvgIpc) is 2.99. The van der Waals surface area contributed by atoms with Crippen LogP contribution in [0.1, 0.15) is 11.3 Å². The third-order valence-electron chi connectivity index (χ3n) is 4.02. The van der Waals surface area contributed by atoms with Crippen LogP contribution < -0.4 is 0 Å². The lowest BCUT2D eigenvalue weighted by Crippen LogP contribution is -2.02. The number of fused-ring (bicyclic) bond motifs is 3. The molecule has 0 saturated carbocycles. The zero-order valence-electron chi connectivity index (χ0n) is 12.7. The van der Waals surface area contributed by atoms with E-state index in [0.717, 1.165) is 27.4 Å². The molecule has 24 heavy (non-hydrogen) atoms. The van der Waals surface area contributed by atoms with Crippen molar-refractivity contribution < 1.29 is 9.90 Å². The Kier molecular flexibility index (Phi) is 3.35. The number of hydrogen-bond acceptors (Lipinski definition) is 2. The van der Waals surface area contributed by atoms with E-state index < -0.39 is 5.97 Å². The van der Waals surface area contributed by atoms with Crippen LogP contribution in [0.2, 0.25) is 0 Å². The first-order valence-electron chi connectivity index (χ1n) is 7.60. The van der Waals surface area contributed by atoms with Crippen molar-refractivity contribution >= 4 is 39.4 Å². The molecule has 2 aromatic carbocycles. The van der Waals surface area contributed by atoms with E-state index in [9.17, 15) is 9.90 Å². The number of aliphatic carboxylic acids is 1. The van der Waals surface area contributed by atoms with Gasteiger partial charge in [-0.25, -0.2) is 4.79 Å². The standard InChI is InChI=1S/C20H14N2O2/c23-20(24)16(12-13-6-2-1-3-7-13)18-19-15(10-11-21-18)14-8-4-5-9-17(14)22-19/h1-12,22H,(H,23,24)/b16-12-. The highest BCUT2D eigenvalue weighted by Gasteiger charge is 2.17. The molecule has 4 heteroatoms. The second-order valence-corrected chi connectivity index (χ2v) is 5.53. The molecule has 0 aliphatic rings. The van der Waals surface area contributed by atoms with Gasteiger partial charge >= 0.3 is 5.97 Å². The molecule has 0 unspecified atom stereocenters. The number of carboxylic acids is 1. The number of H-pyrrole nitrogens is 1. The second-order valence-electron chi connectivity index (χ2n) is 5.53. The Labute approximate surface area is 138 Å². The molecule has 4 nitrogen and oxygen atoms in total. The van der Waals surface area contributed by atoms with Gasteiger partial charge in [0.25, 0.3) is 0 Å². The van der Waals surface area contributed by atoms with Crippen molar-refractivity contribution in [1.82, 2.24) is 9.97 Å². The highest BCUT2D eigenvalue weighted by molar-refractivity contribution is 6.24. The number of nitrogens with one attached hydrogen (secondary N) is 1. The van der Waals surface area contributed by atoms with Gasteiger partial charge in [-0.1, -0.05) is 48.5 Å². The first-order chi connectivity index (χ1) is 11.7. The molecule has 0 aliphatic carbocycles. The molecule has 0 atom stereocenters. The van der Waals surface area contributed by atoms with Gasteiger partial charge in [0.15, 0.2) is 0 Å². The summed E-state index contributed by atoms with van der Waals surface area (Å²) in [4.78, 5) is 19.5. The van der Waals surface area contributed by atoms with Crippen LogP contribution in [0.3, 0.4) is 0 Å². The van der Waals surface area contributed by atoms with Gasteiger partial charge in [0.1, 0.15) is 5.69 Å². The number of hydrogen-bond donors (Lipinski definition) is 2. The van der Waals surface area contributed by atoms with E-state index >= 15 is 0 Å². The summed E-state index contributed by atoms with van der Waals surface area (Å²) < 4.78 is 0. The smallest absolute Gasteiger partial charge is 0.337 e. The number of carbonyl (C=O) groups is 1. The monoisotopic (exact) mass is 314 g/mol.